The van der Waals surface area contributed by atoms with Crippen LogP contribution in [0.3, 0.4) is 0 Å². The molecule has 0 unspecified atom stereocenters. The summed E-state index contributed by atoms with van der Waals surface area (Å²) in [5, 5.41) is 0. The summed E-state index contributed by atoms with van der Waals surface area (Å²) in [5.74, 6) is -0.143. The van der Waals surface area contributed by atoms with Crippen molar-refractivity contribution in [2.24, 2.45) is 5.73 Å². The van der Waals surface area contributed by atoms with Gasteiger partial charge in [0.25, 0.3) is 0 Å². The molecule has 2 aromatic rings. The van der Waals surface area contributed by atoms with Gasteiger partial charge in [-0.15, -0.1) is 11.8 Å². The number of alkyl halides is 3. The van der Waals surface area contributed by atoms with Gasteiger partial charge in [-0.1, -0.05) is 0 Å². The highest BCUT2D eigenvalue weighted by Crippen LogP contribution is 2.39. The fraction of sp³-hybridized carbons (Fsp3) is 0.278. The summed E-state index contributed by atoms with van der Waals surface area (Å²) in [6.45, 7) is 0.436. The average molecular weight is 384 g/mol. The molecule has 0 fully saturated rings. The van der Waals surface area contributed by atoms with Crippen LogP contribution in [0.4, 0.5) is 13.2 Å². The Labute approximate surface area is 154 Å². The molecule has 0 bridgehead atoms. The number of ether oxygens (including phenoxy) is 1. The third-order valence-corrected chi connectivity index (χ3v) is 4.33. The standard InChI is InChI=1S/C18H19F3N2O2S/c1-23(2)10-12-8-11(17(22)24)4-6-15(12)25-13-5-7-16(26-3)14(9-13)18(19,20)21/h4-9H,10H2,1-3H3,(H2,22,24). The highest BCUT2D eigenvalue weighted by molar-refractivity contribution is 7.98. The average Bonchev–Trinajstić information content (AvgIpc) is 2.55. The van der Waals surface area contributed by atoms with Crippen molar-refractivity contribution in [3.8, 4) is 11.5 Å². The number of primary amides is 1. The molecule has 2 N–H and O–H groups in total. The lowest BCUT2D eigenvalue weighted by Crippen LogP contribution is -2.15. The molecule has 0 aliphatic carbocycles. The van der Waals surface area contributed by atoms with Gasteiger partial charge in [0, 0.05) is 22.6 Å². The van der Waals surface area contributed by atoms with Crippen LogP contribution in [0.25, 0.3) is 0 Å². The molecule has 0 aliphatic rings. The highest BCUT2D eigenvalue weighted by Gasteiger charge is 2.33. The van der Waals surface area contributed by atoms with E-state index in [1.807, 2.05) is 19.0 Å². The number of hydrogen-bond donors (Lipinski definition) is 1. The second-order valence-corrected chi connectivity index (χ2v) is 6.73. The van der Waals surface area contributed by atoms with Crippen LogP contribution < -0.4 is 10.5 Å². The summed E-state index contributed by atoms with van der Waals surface area (Å²) >= 11 is 1.02. The number of rotatable bonds is 6. The zero-order chi connectivity index (χ0) is 19.5. The number of nitrogens with zero attached hydrogens (tertiary/aromatic N) is 1. The van der Waals surface area contributed by atoms with Crippen LogP contribution in [0.5, 0.6) is 11.5 Å². The van der Waals surface area contributed by atoms with E-state index in [-0.39, 0.29) is 10.6 Å². The number of amides is 1. The van der Waals surface area contributed by atoms with Gasteiger partial charge in [0.05, 0.1) is 5.56 Å². The summed E-state index contributed by atoms with van der Waals surface area (Å²) in [7, 11) is 3.66. The van der Waals surface area contributed by atoms with Gasteiger partial charge in [0.15, 0.2) is 0 Å². The van der Waals surface area contributed by atoms with Crippen molar-refractivity contribution < 1.29 is 22.7 Å². The van der Waals surface area contributed by atoms with E-state index in [2.05, 4.69) is 0 Å². The lowest BCUT2D eigenvalue weighted by molar-refractivity contribution is -0.139. The number of halogens is 3. The van der Waals surface area contributed by atoms with E-state index in [1.54, 1.807) is 12.3 Å². The predicted molar refractivity (Wildman–Crippen MR) is 95.6 cm³/mol. The minimum atomic E-state index is -4.47. The summed E-state index contributed by atoms with van der Waals surface area (Å²) in [6.07, 6.45) is -2.89. The van der Waals surface area contributed by atoms with Gasteiger partial charge in [-0.2, -0.15) is 13.2 Å². The molecular weight excluding hydrogens is 365 g/mol. The molecule has 2 aromatic carbocycles. The van der Waals surface area contributed by atoms with Gasteiger partial charge in [-0.25, -0.2) is 0 Å². The summed E-state index contributed by atoms with van der Waals surface area (Å²) in [4.78, 5) is 13.4. The number of thioether (sulfide) groups is 1. The van der Waals surface area contributed by atoms with Crippen molar-refractivity contribution >= 4 is 17.7 Å². The van der Waals surface area contributed by atoms with E-state index in [4.69, 9.17) is 10.5 Å². The summed E-state index contributed by atoms with van der Waals surface area (Å²) in [6, 6.07) is 8.45. The fourth-order valence-corrected chi connectivity index (χ4v) is 2.99. The Morgan fingerprint density at radius 3 is 2.42 bits per heavy atom. The smallest absolute Gasteiger partial charge is 0.417 e. The predicted octanol–water partition coefficient (Wildman–Crippen LogP) is 4.38. The Bertz CT molecular complexity index is 808. The van der Waals surface area contributed by atoms with Crippen molar-refractivity contribution in [1.82, 2.24) is 4.90 Å². The Morgan fingerprint density at radius 2 is 1.88 bits per heavy atom. The van der Waals surface area contributed by atoms with Gasteiger partial charge in [0.2, 0.25) is 5.91 Å². The molecule has 0 heterocycles. The molecule has 0 aromatic heterocycles. The third kappa shape index (κ3) is 4.92. The molecular formula is C18H19F3N2O2S. The van der Waals surface area contributed by atoms with Crippen LogP contribution in [-0.2, 0) is 12.7 Å². The second-order valence-electron chi connectivity index (χ2n) is 5.89. The first kappa shape index (κ1) is 20.1. The number of benzene rings is 2. The fourth-order valence-electron chi connectivity index (χ4n) is 2.40. The number of carbonyl (C=O) groups excluding carboxylic acids is 1. The number of hydrogen-bond acceptors (Lipinski definition) is 4. The highest BCUT2D eigenvalue weighted by atomic mass is 32.2. The lowest BCUT2D eigenvalue weighted by atomic mass is 10.1. The van der Waals surface area contributed by atoms with E-state index in [9.17, 15) is 18.0 Å². The first-order valence-corrected chi connectivity index (χ1v) is 8.85. The Hall–Kier alpha value is -2.19. The van der Waals surface area contributed by atoms with Crippen LogP contribution in [0.2, 0.25) is 0 Å². The van der Waals surface area contributed by atoms with Crippen molar-refractivity contribution in [3.05, 3.63) is 53.1 Å². The molecule has 4 nitrogen and oxygen atoms in total. The van der Waals surface area contributed by atoms with Gasteiger partial charge >= 0.3 is 6.18 Å². The van der Waals surface area contributed by atoms with Crippen molar-refractivity contribution in [1.29, 1.82) is 0 Å². The minimum absolute atomic E-state index is 0.0713. The van der Waals surface area contributed by atoms with Gasteiger partial charge in [-0.05, 0) is 56.7 Å². The van der Waals surface area contributed by atoms with Gasteiger partial charge < -0.3 is 15.4 Å². The third-order valence-electron chi connectivity index (χ3n) is 3.54. The van der Waals surface area contributed by atoms with Crippen LogP contribution in [0.1, 0.15) is 21.5 Å². The summed E-state index contributed by atoms with van der Waals surface area (Å²) < 4.78 is 45.4. The maximum atomic E-state index is 13.2. The zero-order valence-corrected chi connectivity index (χ0v) is 15.4. The largest absolute Gasteiger partial charge is 0.457 e. The topological polar surface area (TPSA) is 55.6 Å². The van der Waals surface area contributed by atoms with E-state index in [0.29, 0.717) is 23.4 Å². The molecule has 8 heteroatoms. The maximum absolute atomic E-state index is 13.2. The number of nitrogens with two attached hydrogens (primary N) is 1. The molecule has 0 aliphatic heterocycles. The van der Waals surface area contributed by atoms with E-state index < -0.39 is 17.6 Å². The van der Waals surface area contributed by atoms with Gasteiger partial charge in [0.1, 0.15) is 11.5 Å². The van der Waals surface area contributed by atoms with Crippen LogP contribution >= 0.6 is 11.8 Å². The van der Waals surface area contributed by atoms with E-state index in [0.717, 1.165) is 17.8 Å². The van der Waals surface area contributed by atoms with Crippen molar-refractivity contribution in [2.45, 2.75) is 17.6 Å². The monoisotopic (exact) mass is 384 g/mol. The molecule has 140 valence electrons. The Balaban J connectivity index is 2.43. The van der Waals surface area contributed by atoms with Crippen LogP contribution in [0, 0.1) is 0 Å². The first-order valence-electron chi connectivity index (χ1n) is 7.62. The quantitative estimate of drug-likeness (QED) is 0.751. The normalized spacial score (nSPS) is 11.7. The van der Waals surface area contributed by atoms with Crippen LogP contribution in [0.15, 0.2) is 41.3 Å². The lowest BCUT2D eigenvalue weighted by Gasteiger charge is -2.17. The van der Waals surface area contributed by atoms with Gasteiger partial charge in [-0.3, -0.25) is 4.79 Å². The molecule has 2 rings (SSSR count). The molecule has 0 atom stereocenters. The zero-order valence-electron chi connectivity index (χ0n) is 14.6. The number of carbonyl (C=O) groups is 1. The molecule has 0 spiro atoms. The minimum Gasteiger partial charge on any atom is -0.457 e. The SMILES string of the molecule is CSc1ccc(Oc2ccc(C(N)=O)cc2CN(C)C)cc1C(F)(F)F. The molecule has 1 amide bonds. The van der Waals surface area contributed by atoms with Crippen molar-refractivity contribution in [2.75, 3.05) is 20.4 Å². The molecule has 0 saturated carbocycles. The van der Waals surface area contributed by atoms with Crippen molar-refractivity contribution in [3.63, 3.8) is 0 Å². The van der Waals surface area contributed by atoms with Crippen LogP contribution in [-0.4, -0.2) is 31.2 Å². The Kier molecular flexibility index (Phi) is 6.20. The molecule has 0 radical (unpaired) electrons. The Morgan fingerprint density at radius 1 is 1.19 bits per heavy atom. The van der Waals surface area contributed by atoms with E-state index >= 15 is 0 Å². The second kappa shape index (κ2) is 8.01. The van der Waals surface area contributed by atoms with E-state index in [1.165, 1.54) is 24.3 Å². The first-order chi connectivity index (χ1) is 12.1. The molecule has 26 heavy (non-hydrogen) atoms. The summed E-state index contributed by atoms with van der Waals surface area (Å²) in [5.41, 5.74) is 5.51. The maximum Gasteiger partial charge on any atom is 0.417 e. The molecule has 0 saturated heterocycles.